The van der Waals surface area contributed by atoms with Crippen LogP contribution in [0.5, 0.6) is 0 Å². The summed E-state index contributed by atoms with van der Waals surface area (Å²) >= 11 is 0.788. The Kier molecular flexibility index (Phi) is 4.56. The molecule has 0 aliphatic rings. The lowest BCUT2D eigenvalue weighted by Crippen LogP contribution is -2.23. The van der Waals surface area contributed by atoms with Gasteiger partial charge >= 0.3 is 5.97 Å². The number of nitriles is 1. The fourth-order valence-corrected chi connectivity index (χ4v) is 3.77. The molecule has 2 rings (SSSR count). The summed E-state index contributed by atoms with van der Waals surface area (Å²) in [5, 5.41) is 17.5. The molecule has 0 aliphatic carbocycles. The van der Waals surface area contributed by atoms with Crippen molar-refractivity contribution in [3.8, 4) is 6.07 Å². The minimum atomic E-state index is -3.89. The first kappa shape index (κ1) is 16.1. The largest absolute Gasteiger partial charge is 0.478 e. The highest BCUT2D eigenvalue weighted by Crippen LogP contribution is 2.21. The number of aromatic carboxylic acids is 1. The lowest BCUT2D eigenvalue weighted by molar-refractivity contribution is 0.0696. The van der Waals surface area contributed by atoms with E-state index in [2.05, 4.69) is 4.72 Å². The Morgan fingerprint density at radius 2 is 2.09 bits per heavy atom. The van der Waals surface area contributed by atoms with E-state index in [9.17, 15) is 17.6 Å². The van der Waals surface area contributed by atoms with Gasteiger partial charge in [-0.25, -0.2) is 22.3 Å². The van der Waals surface area contributed by atoms with E-state index in [-0.39, 0.29) is 20.2 Å². The number of benzene rings is 1. The van der Waals surface area contributed by atoms with Crippen molar-refractivity contribution >= 4 is 27.3 Å². The van der Waals surface area contributed by atoms with Crippen LogP contribution in [0.15, 0.2) is 34.5 Å². The third kappa shape index (κ3) is 3.48. The molecule has 2 aromatic rings. The van der Waals surface area contributed by atoms with Crippen LogP contribution >= 0.6 is 11.3 Å². The van der Waals surface area contributed by atoms with Crippen molar-refractivity contribution in [2.75, 3.05) is 0 Å². The van der Waals surface area contributed by atoms with Gasteiger partial charge in [-0.3, -0.25) is 0 Å². The summed E-state index contributed by atoms with van der Waals surface area (Å²) in [5.74, 6) is -1.95. The Hall–Kier alpha value is -2.28. The van der Waals surface area contributed by atoms with Crippen LogP contribution < -0.4 is 4.72 Å². The zero-order chi connectivity index (χ0) is 16.3. The molecule has 114 valence electrons. The molecule has 0 spiro atoms. The van der Waals surface area contributed by atoms with E-state index in [1.165, 1.54) is 12.1 Å². The zero-order valence-corrected chi connectivity index (χ0v) is 12.5. The Bertz CT molecular complexity index is 868. The van der Waals surface area contributed by atoms with Gasteiger partial charge in [-0.15, -0.1) is 11.3 Å². The summed E-state index contributed by atoms with van der Waals surface area (Å²) in [6, 6.07) is 7.58. The molecule has 0 amide bonds. The summed E-state index contributed by atoms with van der Waals surface area (Å²) in [6.07, 6.45) is 0. The molecule has 0 bridgehead atoms. The van der Waals surface area contributed by atoms with Crippen LogP contribution in [0.4, 0.5) is 4.39 Å². The average Bonchev–Trinajstić information content (AvgIpc) is 2.96. The molecular weight excluding hydrogens is 331 g/mol. The van der Waals surface area contributed by atoms with Crippen molar-refractivity contribution < 1.29 is 22.7 Å². The number of carboxylic acid groups (broad SMARTS) is 1. The summed E-state index contributed by atoms with van der Waals surface area (Å²) in [6.45, 7) is -0.394. The number of hydrogen-bond acceptors (Lipinski definition) is 5. The van der Waals surface area contributed by atoms with E-state index in [0.717, 1.165) is 29.5 Å². The monoisotopic (exact) mass is 340 g/mol. The number of halogens is 1. The minimum absolute atomic E-state index is 0.0705. The Morgan fingerprint density at radius 3 is 2.68 bits per heavy atom. The SMILES string of the molecule is N#Cc1ccc(S(=O)(=O)NCc2cc(C(=O)O)ccc2F)s1. The quantitative estimate of drug-likeness (QED) is 0.865. The molecule has 0 saturated heterocycles. The molecule has 0 radical (unpaired) electrons. The lowest BCUT2D eigenvalue weighted by Gasteiger charge is -2.07. The predicted octanol–water partition coefficient (Wildman–Crippen LogP) is 1.94. The number of carboxylic acids is 1. The Morgan fingerprint density at radius 1 is 1.36 bits per heavy atom. The van der Waals surface area contributed by atoms with Gasteiger partial charge in [-0.1, -0.05) is 0 Å². The van der Waals surface area contributed by atoms with Gasteiger partial charge in [0.05, 0.1) is 5.56 Å². The van der Waals surface area contributed by atoms with Crippen molar-refractivity contribution in [2.45, 2.75) is 10.8 Å². The van der Waals surface area contributed by atoms with Crippen LogP contribution in [-0.4, -0.2) is 19.5 Å². The van der Waals surface area contributed by atoms with Crippen LogP contribution in [-0.2, 0) is 16.6 Å². The molecule has 0 aliphatic heterocycles. The second kappa shape index (κ2) is 6.23. The maximum absolute atomic E-state index is 13.6. The number of thiophene rings is 1. The van der Waals surface area contributed by atoms with Crippen LogP contribution in [0.2, 0.25) is 0 Å². The fraction of sp³-hybridized carbons (Fsp3) is 0.0769. The smallest absolute Gasteiger partial charge is 0.335 e. The standard InChI is InChI=1S/C13H9FN2O4S2/c14-11-3-1-8(13(17)18)5-9(11)7-16-22(19,20)12-4-2-10(6-15)21-12/h1-5,16H,7H2,(H,17,18). The Balaban J connectivity index is 2.20. The van der Waals surface area contributed by atoms with Gasteiger partial charge in [-0.05, 0) is 30.3 Å². The summed E-state index contributed by atoms with van der Waals surface area (Å²) in [5.41, 5.74) is -0.223. The molecule has 0 saturated carbocycles. The number of nitrogens with one attached hydrogen (secondary N) is 1. The second-order valence-corrected chi connectivity index (χ2v) is 7.24. The first-order valence-electron chi connectivity index (χ1n) is 5.85. The van der Waals surface area contributed by atoms with Gasteiger partial charge in [0.25, 0.3) is 0 Å². The van der Waals surface area contributed by atoms with Gasteiger partial charge < -0.3 is 5.11 Å². The third-order valence-electron chi connectivity index (χ3n) is 2.70. The summed E-state index contributed by atoms with van der Waals surface area (Å²) in [4.78, 5) is 11.1. The lowest BCUT2D eigenvalue weighted by atomic mass is 10.1. The minimum Gasteiger partial charge on any atom is -0.478 e. The zero-order valence-electron chi connectivity index (χ0n) is 10.9. The van der Waals surface area contributed by atoms with Gasteiger partial charge in [0, 0.05) is 12.1 Å². The van der Waals surface area contributed by atoms with Crippen molar-refractivity contribution in [3.05, 3.63) is 52.2 Å². The summed E-state index contributed by atoms with van der Waals surface area (Å²) < 4.78 is 39.7. The van der Waals surface area contributed by atoms with E-state index in [1.807, 2.05) is 6.07 Å². The van der Waals surface area contributed by atoms with Crippen molar-refractivity contribution in [1.82, 2.24) is 4.72 Å². The highest BCUT2D eigenvalue weighted by atomic mass is 32.2. The average molecular weight is 340 g/mol. The molecule has 1 aromatic heterocycles. The predicted molar refractivity (Wildman–Crippen MR) is 76.4 cm³/mol. The molecular formula is C13H9FN2O4S2. The second-order valence-electron chi connectivity index (χ2n) is 4.17. The fourth-order valence-electron chi connectivity index (χ4n) is 1.61. The van der Waals surface area contributed by atoms with Crippen molar-refractivity contribution in [1.29, 1.82) is 5.26 Å². The van der Waals surface area contributed by atoms with Crippen LogP contribution in [0.1, 0.15) is 20.8 Å². The molecule has 2 N–H and O–H groups in total. The normalized spacial score (nSPS) is 11.1. The van der Waals surface area contributed by atoms with Crippen LogP contribution in [0.25, 0.3) is 0 Å². The van der Waals surface area contributed by atoms with E-state index in [1.54, 1.807) is 0 Å². The van der Waals surface area contributed by atoms with Gasteiger partial charge in [0.1, 0.15) is 21.0 Å². The first-order valence-corrected chi connectivity index (χ1v) is 8.15. The first-order chi connectivity index (χ1) is 10.3. The number of carbonyl (C=O) groups is 1. The molecule has 22 heavy (non-hydrogen) atoms. The Labute approximate surface area is 129 Å². The third-order valence-corrected chi connectivity index (χ3v) is 5.58. The van der Waals surface area contributed by atoms with Gasteiger partial charge in [0.2, 0.25) is 10.0 Å². The summed E-state index contributed by atoms with van der Waals surface area (Å²) in [7, 11) is -3.89. The number of nitrogens with zero attached hydrogens (tertiary/aromatic N) is 1. The van der Waals surface area contributed by atoms with E-state index < -0.39 is 28.4 Å². The molecule has 1 heterocycles. The molecule has 6 nitrogen and oxygen atoms in total. The van der Waals surface area contributed by atoms with Crippen molar-refractivity contribution in [2.24, 2.45) is 0 Å². The highest BCUT2D eigenvalue weighted by Gasteiger charge is 2.18. The van der Waals surface area contributed by atoms with Gasteiger partial charge in [0.15, 0.2) is 0 Å². The van der Waals surface area contributed by atoms with E-state index in [0.29, 0.717) is 0 Å². The van der Waals surface area contributed by atoms with E-state index in [4.69, 9.17) is 10.4 Å². The molecule has 0 fully saturated rings. The van der Waals surface area contributed by atoms with Gasteiger partial charge in [-0.2, -0.15) is 5.26 Å². The molecule has 0 atom stereocenters. The highest BCUT2D eigenvalue weighted by molar-refractivity contribution is 7.91. The number of rotatable bonds is 5. The maximum Gasteiger partial charge on any atom is 0.335 e. The topological polar surface area (TPSA) is 107 Å². The number of hydrogen-bond donors (Lipinski definition) is 2. The molecule has 0 unspecified atom stereocenters. The molecule has 1 aromatic carbocycles. The molecule has 9 heteroatoms. The van der Waals surface area contributed by atoms with E-state index >= 15 is 0 Å². The number of sulfonamides is 1. The maximum atomic E-state index is 13.6. The van der Waals surface area contributed by atoms with Crippen LogP contribution in [0.3, 0.4) is 0 Å². The van der Waals surface area contributed by atoms with Crippen molar-refractivity contribution in [3.63, 3.8) is 0 Å². The van der Waals surface area contributed by atoms with Crippen LogP contribution in [0, 0.1) is 17.1 Å².